The number of ether oxygens (including phenoxy) is 1. The third-order valence-electron chi connectivity index (χ3n) is 1.71. The van der Waals surface area contributed by atoms with Crippen LogP contribution in [0.5, 0.6) is 5.75 Å². The highest BCUT2D eigenvalue weighted by Crippen LogP contribution is 2.30. The number of carbonyl (C=O) groups excluding carboxylic acids is 1. The van der Waals surface area contributed by atoms with Crippen molar-refractivity contribution in [1.82, 2.24) is 0 Å². The van der Waals surface area contributed by atoms with Crippen LogP contribution in [0, 0.1) is 11.6 Å². The maximum atomic E-state index is 13.2. The highest BCUT2D eigenvalue weighted by molar-refractivity contribution is 7.98. The van der Waals surface area contributed by atoms with Gasteiger partial charge in [-0.15, -0.1) is 11.8 Å². The van der Waals surface area contributed by atoms with Crippen LogP contribution in [0.1, 0.15) is 10.4 Å². The molecule has 0 saturated heterocycles. The van der Waals surface area contributed by atoms with E-state index >= 15 is 0 Å². The van der Waals surface area contributed by atoms with Gasteiger partial charge in [0.25, 0.3) is 0 Å². The van der Waals surface area contributed by atoms with E-state index in [1.165, 1.54) is 13.2 Å². The molecule has 0 aliphatic rings. The minimum absolute atomic E-state index is 0.00995. The number of aldehydes is 1. The largest absolute Gasteiger partial charge is 0.493 e. The smallest absolute Gasteiger partial charge is 0.202 e. The van der Waals surface area contributed by atoms with Gasteiger partial charge in [-0.25, -0.2) is 4.39 Å². The van der Waals surface area contributed by atoms with E-state index in [1.54, 1.807) is 6.26 Å². The lowest BCUT2D eigenvalue weighted by molar-refractivity contribution is 0.111. The molecule has 0 aliphatic heterocycles. The molecule has 0 heterocycles. The molecule has 2 nitrogen and oxygen atoms in total. The number of carbonyl (C=O) groups is 1. The summed E-state index contributed by atoms with van der Waals surface area (Å²) < 4.78 is 31.0. The van der Waals surface area contributed by atoms with E-state index in [1.807, 2.05) is 0 Å². The molecule has 0 saturated carbocycles. The van der Waals surface area contributed by atoms with E-state index in [0.717, 1.165) is 11.8 Å². The Kier molecular flexibility index (Phi) is 3.46. The Bertz CT molecular complexity index is 366. The van der Waals surface area contributed by atoms with Crippen LogP contribution in [0.2, 0.25) is 0 Å². The molecular formula is C9H8F2O2S. The van der Waals surface area contributed by atoms with Gasteiger partial charge in [0, 0.05) is 4.90 Å². The Hall–Kier alpha value is -1.10. The van der Waals surface area contributed by atoms with Gasteiger partial charge in [-0.1, -0.05) is 0 Å². The predicted octanol–water partition coefficient (Wildman–Crippen LogP) is 2.51. The molecule has 0 bridgehead atoms. The lowest BCUT2D eigenvalue weighted by atomic mass is 10.2. The summed E-state index contributed by atoms with van der Waals surface area (Å²) in [6.07, 6.45) is 2.03. The van der Waals surface area contributed by atoms with Crippen molar-refractivity contribution in [2.45, 2.75) is 4.90 Å². The Morgan fingerprint density at radius 2 is 2.07 bits per heavy atom. The molecule has 14 heavy (non-hydrogen) atoms. The average Bonchev–Trinajstić information content (AvgIpc) is 2.21. The predicted molar refractivity (Wildman–Crippen MR) is 50.1 cm³/mol. The average molecular weight is 218 g/mol. The highest BCUT2D eigenvalue weighted by Gasteiger charge is 2.18. The number of hydrogen-bond donors (Lipinski definition) is 0. The van der Waals surface area contributed by atoms with Crippen LogP contribution in [0.25, 0.3) is 0 Å². The van der Waals surface area contributed by atoms with Crippen molar-refractivity contribution in [1.29, 1.82) is 0 Å². The summed E-state index contributed by atoms with van der Waals surface area (Å²) in [5.41, 5.74) is 0.00995. The Morgan fingerprint density at radius 3 is 2.50 bits per heavy atom. The first-order chi connectivity index (χ1) is 6.65. The second kappa shape index (κ2) is 4.41. The molecule has 0 fully saturated rings. The van der Waals surface area contributed by atoms with Crippen LogP contribution in [-0.2, 0) is 0 Å². The lowest BCUT2D eigenvalue weighted by Crippen LogP contribution is -1.99. The van der Waals surface area contributed by atoms with Crippen LogP contribution in [0.3, 0.4) is 0 Å². The summed E-state index contributed by atoms with van der Waals surface area (Å²) in [6, 6.07) is 1.26. The fourth-order valence-corrected chi connectivity index (χ4v) is 1.56. The van der Waals surface area contributed by atoms with Crippen LogP contribution >= 0.6 is 11.8 Å². The SMILES string of the molecule is COc1c(C=O)cc(SC)c(F)c1F. The fraction of sp³-hybridized carbons (Fsp3) is 0.222. The van der Waals surface area contributed by atoms with Crippen LogP contribution in [0.15, 0.2) is 11.0 Å². The summed E-state index contributed by atoms with van der Waals surface area (Å²) in [4.78, 5) is 10.6. The van der Waals surface area contributed by atoms with Gasteiger partial charge in [-0.2, -0.15) is 4.39 Å². The van der Waals surface area contributed by atoms with Gasteiger partial charge in [-0.05, 0) is 12.3 Å². The monoisotopic (exact) mass is 218 g/mol. The van der Waals surface area contributed by atoms with E-state index in [0.29, 0.717) is 6.29 Å². The molecule has 0 atom stereocenters. The van der Waals surface area contributed by atoms with Gasteiger partial charge in [0.1, 0.15) is 0 Å². The Balaban J connectivity index is 3.45. The Morgan fingerprint density at radius 1 is 1.43 bits per heavy atom. The molecule has 1 rings (SSSR count). The first kappa shape index (κ1) is 11.0. The van der Waals surface area contributed by atoms with E-state index in [4.69, 9.17) is 0 Å². The summed E-state index contributed by atoms with van der Waals surface area (Å²) in [7, 11) is 1.18. The van der Waals surface area contributed by atoms with E-state index in [-0.39, 0.29) is 16.2 Å². The van der Waals surface area contributed by atoms with Crippen molar-refractivity contribution < 1.29 is 18.3 Å². The van der Waals surface area contributed by atoms with Crippen LogP contribution in [-0.4, -0.2) is 19.7 Å². The number of methoxy groups -OCH3 is 1. The molecule has 0 unspecified atom stereocenters. The van der Waals surface area contributed by atoms with E-state index in [9.17, 15) is 13.6 Å². The first-order valence-corrected chi connectivity index (χ1v) is 4.93. The molecule has 0 radical (unpaired) electrons. The molecule has 76 valence electrons. The van der Waals surface area contributed by atoms with Crippen molar-refractivity contribution in [3.8, 4) is 5.75 Å². The fourth-order valence-electron chi connectivity index (χ4n) is 1.05. The van der Waals surface area contributed by atoms with Crippen LogP contribution in [0.4, 0.5) is 8.78 Å². The number of hydrogen-bond acceptors (Lipinski definition) is 3. The normalized spacial score (nSPS) is 10.0. The van der Waals surface area contributed by atoms with Gasteiger partial charge < -0.3 is 4.74 Å². The molecule has 5 heteroatoms. The molecule has 1 aromatic rings. The van der Waals surface area contributed by atoms with Crippen molar-refractivity contribution in [3.05, 3.63) is 23.3 Å². The standard InChI is InChI=1S/C9H8F2O2S/c1-13-9-5(4-12)3-6(14-2)7(10)8(9)11/h3-4H,1-2H3. The van der Waals surface area contributed by atoms with Crippen molar-refractivity contribution in [2.75, 3.05) is 13.4 Å². The Labute approximate surface area is 84.3 Å². The molecule has 0 N–H and O–H groups in total. The summed E-state index contributed by atoms with van der Waals surface area (Å²) >= 11 is 1.03. The zero-order valence-corrected chi connectivity index (χ0v) is 8.45. The van der Waals surface area contributed by atoms with Gasteiger partial charge in [0.05, 0.1) is 12.7 Å². The first-order valence-electron chi connectivity index (χ1n) is 3.70. The van der Waals surface area contributed by atoms with Gasteiger partial charge in [0.15, 0.2) is 17.9 Å². The zero-order valence-electron chi connectivity index (χ0n) is 7.64. The van der Waals surface area contributed by atoms with E-state index in [2.05, 4.69) is 4.74 Å². The van der Waals surface area contributed by atoms with Gasteiger partial charge in [0.2, 0.25) is 5.82 Å². The third kappa shape index (κ3) is 1.72. The lowest BCUT2D eigenvalue weighted by Gasteiger charge is -2.08. The number of halogens is 2. The minimum Gasteiger partial charge on any atom is -0.493 e. The summed E-state index contributed by atoms with van der Waals surface area (Å²) in [5, 5.41) is 0. The minimum atomic E-state index is -1.12. The third-order valence-corrected chi connectivity index (χ3v) is 2.45. The van der Waals surface area contributed by atoms with Gasteiger partial charge >= 0.3 is 0 Å². The van der Waals surface area contributed by atoms with Crippen LogP contribution < -0.4 is 4.74 Å². The molecule has 0 spiro atoms. The second-order valence-electron chi connectivity index (χ2n) is 2.45. The number of rotatable bonds is 3. The van der Waals surface area contributed by atoms with Crippen molar-refractivity contribution >= 4 is 18.0 Å². The van der Waals surface area contributed by atoms with Gasteiger partial charge in [-0.3, -0.25) is 4.79 Å². The zero-order chi connectivity index (χ0) is 10.7. The second-order valence-corrected chi connectivity index (χ2v) is 3.30. The molecule has 0 aromatic heterocycles. The maximum Gasteiger partial charge on any atom is 0.202 e. The maximum absolute atomic E-state index is 13.2. The number of thioether (sulfide) groups is 1. The van der Waals surface area contributed by atoms with Crippen molar-refractivity contribution in [3.63, 3.8) is 0 Å². The van der Waals surface area contributed by atoms with Crippen molar-refractivity contribution in [2.24, 2.45) is 0 Å². The highest BCUT2D eigenvalue weighted by atomic mass is 32.2. The number of benzene rings is 1. The summed E-state index contributed by atoms with van der Waals surface area (Å²) in [5.74, 6) is -2.46. The quantitative estimate of drug-likeness (QED) is 0.576. The molecule has 0 aliphatic carbocycles. The topological polar surface area (TPSA) is 26.3 Å². The molecular weight excluding hydrogens is 210 g/mol. The summed E-state index contributed by atoms with van der Waals surface area (Å²) in [6.45, 7) is 0. The molecule has 1 aromatic carbocycles. The van der Waals surface area contributed by atoms with E-state index < -0.39 is 11.6 Å². The molecule has 0 amide bonds.